The normalized spacial score (nSPS) is 17.9. The highest BCUT2D eigenvalue weighted by molar-refractivity contribution is 4.70. The fourth-order valence-electron chi connectivity index (χ4n) is 4.56. The first-order chi connectivity index (χ1) is 15.6. The molecule has 1 saturated heterocycles. The van der Waals surface area contributed by atoms with Crippen LogP contribution < -0.4 is 0 Å². The highest BCUT2D eigenvalue weighted by Gasteiger charge is 2.32. The van der Waals surface area contributed by atoms with Crippen molar-refractivity contribution in [3.8, 4) is 0 Å². The molecular weight excluding hydrogens is 400 g/mol. The maximum atomic E-state index is 8.76. The summed E-state index contributed by atoms with van der Waals surface area (Å²) in [5.41, 5.74) is 0. The highest BCUT2D eigenvalue weighted by atomic mass is 16.7. The zero-order chi connectivity index (χ0) is 23.2. The second kappa shape index (κ2) is 21.4. The number of unbranched alkanes of at least 4 members (excludes halogenated alkanes) is 19. The van der Waals surface area contributed by atoms with E-state index in [1.807, 2.05) is 13.8 Å². The van der Waals surface area contributed by atoms with Crippen LogP contribution >= 0.6 is 0 Å². The topological polar surface area (TPSA) is 47.9 Å². The Labute approximate surface area is 200 Å². The first-order valence-electron chi connectivity index (χ1n) is 14.1. The fraction of sp³-hybridized carbons (Fsp3) is 1.00. The average molecular weight is 457 g/mol. The molecule has 192 valence electrons. The Bertz CT molecular complexity index is 386. The Morgan fingerprint density at radius 3 is 1.34 bits per heavy atom. The minimum Gasteiger partial charge on any atom is -0.396 e. The second-order valence-electron chi connectivity index (χ2n) is 10.3. The van der Waals surface area contributed by atoms with Crippen LogP contribution in [0.1, 0.15) is 142 Å². The van der Waals surface area contributed by atoms with Crippen molar-refractivity contribution in [2.45, 2.75) is 154 Å². The van der Waals surface area contributed by atoms with Crippen molar-refractivity contribution in [2.24, 2.45) is 0 Å². The summed E-state index contributed by atoms with van der Waals surface area (Å²) in [6.07, 6.45) is 27.3. The molecule has 0 radical (unpaired) electrons. The number of rotatable bonds is 24. The van der Waals surface area contributed by atoms with Gasteiger partial charge in [0.2, 0.25) is 0 Å². The Morgan fingerprint density at radius 2 is 1.00 bits per heavy atom. The summed E-state index contributed by atoms with van der Waals surface area (Å²) in [5.74, 6) is -0.435. The summed E-state index contributed by atoms with van der Waals surface area (Å²) in [4.78, 5) is 0. The number of aliphatic hydroxyl groups excluding tert-OH is 1. The zero-order valence-corrected chi connectivity index (χ0v) is 21.7. The quantitative estimate of drug-likeness (QED) is 0.150. The van der Waals surface area contributed by atoms with Crippen molar-refractivity contribution < 1.29 is 19.3 Å². The summed E-state index contributed by atoms with van der Waals surface area (Å²) in [6.45, 7) is 6.45. The lowest BCUT2D eigenvalue weighted by Gasteiger charge is -2.17. The van der Waals surface area contributed by atoms with Crippen molar-refractivity contribution >= 4 is 0 Å². The molecule has 0 unspecified atom stereocenters. The van der Waals surface area contributed by atoms with E-state index in [1.54, 1.807) is 0 Å². The molecule has 1 aliphatic rings. The number of ether oxygens (including phenoxy) is 3. The van der Waals surface area contributed by atoms with Gasteiger partial charge < -0.3 is 19.3 Å². The van der Waals surface area contributed by atoms with Crippen LogP contribution in [0.2, 0.25) is 0 Å². The van der Waals surface area contributed by atoms with Crippen molar-refractivity contribution in [3.63, 3.8) is 0 Å². The Morgan fingerprint density at radius 1 is 0.625 bits per heavy atom. The molecule has 0 spiro atoms. The summed E-state index contributed by atoms with van der Waals surface area (Å²) >= 11 is 0. The summed E-state index contributed by atoms with van der Waals surface area (Å²) < 4.78 is 17.0. The van der Waals surface area contributed by atoms with Crippen LogP contribution in [0.3, 0.4) is 0 Å². The van der Waals surface area contributed by atoms with Gasteiger partial charge in [0.25, 0.3) is 0 Å². The van der Waals surface area contributed by atoms with E-state index in [0.29, 0.717) is 19.8 Å². The van der Waals surface area contributed by atoms with Crippen LogP contribution in [-0.4, -0.2) is 43.4 Å². The summed E-state index contributed by atoms with van der Waals surface area (Å²) in [6, 6.07) is 0. The van der Waals surface area contributed by atoms with Gasteiger partial charge in [0.05, 0.1) is 13.2 Å². The van der Waals surface area contributed by atoms with E-state index >= 15 is 0 Å². The number of hydrogen-bond donors (Lipinski definition) is 1. The van der Waals surface area contributed by atoms with E-state index in [4.69, 9.17) is 19.3 Å². The third kappa shape index (κ3) is 19.3. The lowest BCUT2D eigenvalue weighted by Crippen LogP contribution is -2.24. The first-order valence-corrected chi connectivity index (χ1v) is 14.1. The maximum absolute atomic E-state index is 8.76. The Kier molecular flexibility index (Phi) is 20.0. The smallest absolute Gasteiger partial charge is 0.163 e. The van der Waals surface area contributed by atoms with Gasteiger partial charge in [0.15, 0.2) is 5.79 Å². The molecule has 1 heterocycles. The highest BCUT2D eigenvalue weighted by Crippen LogP contribution is 2.22. The van der Waals surface area contributed by atoms with Gasteiger partial charge in [-0.2, -0.15) is 0 Å². The second-order valence-corrected chi connectivity index (χ2v) is 10.3. The molecule has 1 rings (SSSR count). The molecule has 0 bridgehead atoms. The monoisotopic (exact) mass is 456 g/mol. The molecule has 1 atom stereocenters. The Balaban J connectivity index is 1.65. The molecule has 1 aliphatic heterocycles. The van der Waals surface area contributed by atoms with Gasteiger partial charge >= 0.3 is 0 Å². The molecule has 0 amide bonds. The summed E-state index contributed by atoms with van der Waals surface area (Å²) in [5, 5.41) is 8.76. The van der Waals surface area contributed by atoms with Gasteiger partial charge in [-0.3, -0.25) is 0 Å². The van der Waals surface area contributed by atoms with Crippen molar-refractivity contribution in [2.75, 3.05) is 26.4 Å². The molecule has 0 aromatic carbocycles. The standard InChI is InChI=1S/C28H56O4/c1-28(2)31-26-27(32-28)25-30-24-22-20-18-16-14-12-10-8-6-4-3-5-7-9-11-13-15-17-19-21-23-29/h27,29H,3-26H2,1-2H3/t27-/m0/s1. The van der Waals surface area contributed by atoms with Crippen LogP contribution in [-0.2, 0) is 14.2 Å². The van der Waals surface area contributed by atoms with Crippen molar-refractivity contribution in [1.82, 2.24) is 0 Å². The van der Waals surface area contributed by atoms with Crippen LogP contribution in [0.5, 0.6) is 0 Å². The third-order valence-electron chi connectivity index (χ3n) is 6.57. The molecule has 0 aromatic heterocycles. The van der Waals surface area contributed by atoms with Gasteiger partial charge in [-0.1, -0.05) is 116 Å². The van der Waals surface area contributed by atoms with E-state index < -0.39 is 5.79 Å². The average Bonchev–Trinajstić information content (AvgIpc) is 3.12. The van der Waals surface area contributed by atoms with Gasteiger partial charge in [-0.15, -0.1) is 0 Å². The van der Waals surface area contributed by atoms with Crippen LogP contribution in [0, 0.1) is 0 Å². The van der Waals surface area contributed by atoms with Crippen molar-refractivity contribution in [3.05, 3.63) is 0 Å². The third-order valence-corrected chi connectivity index (χ3v) is 6.57. The minimum atomic E-state index is -0.435. The van der Waals surface area contributed by atoms with Crippen LogP contribution in [0.25, 0.3) is 0 Å². The molecule has 1 fully saturated rings. The number of hydrogen-bond acceptors (Lipinski definition) is 4. The van der Waals surface area contributed by atoms with E-state index in [-0.39, 0.29) is 6.10 Å². The lowest BCUT2D eigenvalue weighted by molar-refractivity contribution is -0.145. The Hall–Kier alpha value is -0.160. The number of aliphatic hydroxyl groups is 1. The molecule has 0 aromatic rings. The first kappa shape index (κ1) is 29.9. The van der Waals surface area contributed by atoms with Crippen molar-refractivity contribution in [1.29, 1.82) is 0 Å². The molecule has 1 N–H and O–H groups in total. The van der Waals surface area contributed by atoms with Crippen LogP contribution in [0.15, 0.2) is 0 Å². The molecule has 0 aliphatic carbocycles. The van der Waals surface area contributed by atoms with Gasteiger partial charge in [0, 0.05) is 13.2 Å². The SMILES string of the molecule is CC1(C)OC[C@H](COCCCCCCCCCCCCCCCCCCCCCCO)O1. The lowest BCUT2D eigenvalue weighted by atomic mass is 10.0. The largest absolute Gasteiger partial charge is 0.396 e. The molecule has 0 saturated carbocycles. The van der Waals surface area contributed by atoms with E-state index in [1.165, 1.54) is 122 Å². The van der Waals surface area contributed by atoms with Gasteiger partial charge in [-0.25, -0.2) is 0 Å². The molecule has 4 heteroatoms. The van der Waals surface area contributed by atoms with Crippen LogP contribution in [0.4, 0.5) is 0 Å². The summed E-state index contributed by atoms with van der Waals surface area (Å²) in [7, 11) is 0. The predicted octanol–water partition coefficient (Wildman–Crippen LogP) is 7.95. The predicted molar refractivity (Wildman–Crippen MR) is 135 cm³/mol. The van der Waals surface area contributed by atoms with E-state index in [9.17, 15) is 0 Å². The zero-order valence-electron chi connectivity index (χ0n) is 21.7. The van der Waals surface area contributed by atoms with E-state index in [2.05, 4.69) is 0 Å². The maximum Gasteiger partial charge on any atom is 0.163 e. The molecular formula is C28H56O4. The van der Waals surface area contributed by atoms with Gasteiger partial charge in [-0.05, 0) is 26.7 Å². The van der Waals surface area contributed by atoms with E-state index in [0.717, 1.165) is 13.0 Å². The van der Waals surface area contributed by atoms with Gasteiger partial charge in [0.1, 0.15) is 6.10 Å². The molecule has 32 heavy (non-hydrogen) atoms. The molecule has 4 nitrogen and oxygen atoms in total. The fourth-order valence-corrected chi connectivity index (χ4v) is 4.56. The minimum absolute atomic E-state index is 0.105.